The molecule has 0 saturated carbocycles. The van der Waals surface area contributed by atoms with Crippen molar-refractivity contribution in [3.05, 3.63) is 0 Å². The third-order valence-electron chi connectivity index (χ3n) is 2.17. The predicted molar refractivity (Wildman–Crippen MR) is 71.9 cm³/mol. The minimum absolute atomic E-state index is 0.0944. The molecule has 0 aromatic rings. The van der Waals surface area contributed by atoms with Gasteiger partial charge in [0.2, 0.25) is 0 Å². The molecule has 0 aromatic heterocycles. The molecule has 114 valence electrons. The van der Waals surface area contributed by atoms with E-state index >= 15 is 0 Å². The van der Waals surface area contributed by atoms with Gasteiger partial charge < -0.3 is 18.9 Å². The fourth-order valence-electron chi connectivity index (χ4n) is 1.09. The summed E-state index contributed by atoms with van der Waals surface area (Å²) >= 11 is 0. The Kier molecular flexibility index (Phi) is 10.4. The average Bonchev–Trinajstić information content (AvgIpc) is 2.42. The van der Waals surface area contributed by atoms with Crippen LogP contribution in [0.1, 0.15) is 27.7 Å². The number of hydrogen-bond acceptors (Lipinski definition) is 6. The largest absolute Gasteiger partial charge is 0.464 e. The molecule has 0 radical (unpaired) electrons. The van der Waals surface area contributed by atoms with Crippen LogP contribution in [0, 0.1) is 11.8 Å². The summed E-state index contributed by atoms with van der Waals surface area (Å²) < 4.78 is 19.9. The number of hydrogen-bond donors (Lipinski definition) is 0. The molecule has 0 aliphatic rings. The van der Waals surface area contributed by atoms with E-state index < -0.39 is 24.1 Å². The van der Waals surface area contributed by atoms with Crippen LogP contribution in [0.3, 0.4) is 0 Å². The van der Waals surface area contributed by atoms with Gasteiger partial charge in [-0.25, -0.2) is 9.59 Å². The summed E-state index contributed by atoms with van der Waals surface area (Å²) in [5, 5.41) is 0. The molecule has 0 aliphatic heterocycles. The first-order chi connectivity index (χ1) is 9.52. The van der Waals surface area contributed by atoms with Crippen LogP contribution >= 0.6 is 0 Å². The molecule has 0 aliphatic carbocycles. The van der Waals surface area contributed by atoms with Crippen molar-refractivity contribution in [1.82, 2.24) is 0 Å². The first-order valence-corrected chi connectivity index (χ1v) is 6.55. The molecule has 2 atom stereocenters. The lowest BCUT2D eigenvalue weighted by Crippen LogP contribution is -2.24. The second-order valence-electron chi connectivity index (χ2n) is 3.76. The third kappa shape index (κ3) is 8.51. The lowest BCUT2D eigenvalue weighted by atomic mass is 10.4. The van der Waals surface area contributed by atoms with Gasteiger partial charge in [-0.1, -0.05) is 11.8 Å². The normalized spacial score (nSPS) is 12.8. The predicted octanol–water partition coefficient (Wildman–Crippen LogP) is 0.926. The first-order valence-electron chi connectivity index (χ1n) is 6.55. The highest BCUT2D eigenvalue weighted by atomic mass is 16.6. The van der Waals surface area contributed by atoms with E-state index in [0.29, 0.717) is 13.2 Å². The average molecular weight is 286 g/mol. The number of ether oxygens (including phenoxy) is 4. The Hall–Kier alpha value is -1.58. The van der Waals surface area contributed by atoms with Crippen molar-refractivity contribution < 1.29 is 28.5 Å². The van der Waals surface area contributed by atoms with Crippen LogP contribution in [0.25, 0.3) is 0 Å². The van der Waals surface area contributed by atoms with Gasteiger partial charge in [0.25, 0.3) is 0 Å². The molecule has 0 unspecified atom stereocenters. The van der Waals surface area contributed by atoms with Crippen LogP contribution in [0.15, 0.2) is 0 Å². The summed E-state index contributed by atoms with van der Waals surface area (Å²) in [5.74, 6) is 4.53. The Bertz CT molecular complexity index is 322. The van der Waals surface area contributed by atoms with Crippen LogP contribution < -0.4 is 0 Å². The molecule has 0 spiro atoms. The zero-order valence-electron chi connectivity index (χ0n) is 12.4. The quantitative estimate of drug-likeness (QED) is 0.488. The molecule has 6 heteroatoms. The van der Waals surface area contributed by atoms with Crippen molar-refractivity contribution in [3.8, 4) is 11.8 Å². The van der Waals surface area contributed by atoms with Crippen molar-refractivity contribution in [1.29, 1.82) is 0 Å². The van der Waals surface area contributed by atoms with Gasteiger partial charge in [-0.3, -0.25) is 0 Å². The highest BCUT2D eigenvalue weighted by Crippen LogP contribution is 1.95. The number of carbonyl (C=O) groups is 2. The number of carbonyl (C=O) groups excluding carboxylic acids is 2. The van der Waals surface area contributed by atoms with Crippen LogP contribution in [0.5, 0.6) is 0 Å². The monoisotopic (exact) mass is 286 g/mol. The van der Waals surface area contributed by atoms with Crippen molar-refractivity contribution in [2.45, 2.75) is 39.9 Å². The Labute approximate surface area is 119 Å². The molecule has 0 aromatic carbocycles. The standard InChI is InChI=1S/C14H22O6/c1-5-17-13(15)11(3)19-9-7-8-10-20-12(4)14(16)18-6-2/h11-12H,5-6,9-10H2,1-4H3/t11-,12-/m0/s1. The summed E-state index contributed by atoms with van der Waals surface area (Å²) in [5.41, 5.74) is 0. The molecule has 0 saturated heterocycles. The van der Waals surface area contributed by atoms with Gasteiger partial charge in [-0.05, 0) is 27.7 Å². The Morgan fingerprint density at radius 1 is 0.850 bits per heavy atom. The van der Waals surface area contributed by atoms with E-state index in [0.717, 1.165) is 0 Å². The maximum atomic E-state index is 11.2. The second kappa shape index (κ2) is 11.3. The van der Waals surface area contributed by atoms with Crippen molar-refractivity contribution in [2.24, 2.45) is 0 Å². The Balaban J connectivity index is 3.78. The Morgan fingerprint density at radius 3 is 1.50 bits per heavy atom. The molecule has 0 heterocycles. The SMILES string of the molecule is CCOC(=O)[C@H](C)OCC#CCO[C@@H](C)C(=O)OCC. The van der Waals surface area contributed by atoms with Gasteiger partial charge in [0.1, 0.15) is 13.2 Å². The van der Waals surface area contributed by atoms with E-state index in [1.807, 2.05) is 0 Å². The van der Waals surface area contributed by atoms with Crippen LogP contribution in [0.2, 0.25) is 0 Å². The molecule has 0 N–H and O–H groups in total. The summed E-state index contributed by atoms with van der Waals surface area (Å²) in [6.07, 6.45) is -1.30. The van der Waals surface area contributed by atoms with Crippen LogP contribution in [-0.2, 0) is 28.5 Å². The summed E-state index contributed by atoms with van der Waals surface area (Å²) in [4.78, 5) is 22.4. The van der Waals surface area contributed by atoms with Gasteiger partial charge in [-0.15, -0.1) is 0 Å². The lowest BCUT2D eigenvalue weighted by molar-refractivity contribution is -0.155. The summed E-state index contributed by atoms with van der Waals surface area (Å²) in [6, 6.07) is 0. The van der Waals surface area contributed by atoms with Gasteiger partial charge in [-0.2, -0.15) is 0 Å². The van der Waals surface area contributed by atoms with E-state index in [-0.39, 0.29) is 13.2 Å². The summed E-state index contributed by atoms with van der Waals surface area (Å²) in [6.45, 7) is 7.47. The minimum Gasteiger partial charge on any atom is -0.464 e. The molecule has 20 heavy (non-hydrogen) atoms. The van der Waals surface area contributed by atoms with Gasteiger partial charge in [0.15, 0.2) is 12.2 Å². The van der Waals surface area contributed by atoms with E-state index in [2.05, 4.69) is 11.8 Å². The molecular formula is C14H22O6. The molecule has 0 rings (SSSR count). The smallest absolute Gasteiger partial charge is 0.334 e. The maximum Gasteiger partial charge on any atom is 0.334 e. The van der Waals surface area contributed by atoms with Crippen molar-refractivity contribution in [3.63, 3.8) is 0 Å². The zero-order chi connectivity index (χ0) is 15.4. The maximum absolute atomic E-state index is 11.2. The third-order valence-corrected chi connectivity index (χ3v) is 2.17. The first kappa shape index (κ1) is 18.4. The molecular weight excluding hydrogens is 264 g/mol. The van der Waals surface area contributed by atoms with Gasteiger partial charge in [0, 0.05) is 0 Å². The molecule has 0 amide bonds. The van der Waals surface area contributed by atoms with Gasteiger partial charge >= 0.3 is 11.9 Å². The van der Waals surface area contributed by atoms with Gasteiger partial charge in [0.05, 0.1) is 13.2 Å². The van der Waals surface area contributed by atoms with Crippen molar-refractivity contribution in [2.75, 3.05) is 26.4 Å². The summed E-state index contributed by atoms with van der Waals surface area (Å²) in [7, 11) is 0. The van der Waals surface area contributed by atoms with E-state index in [1.54, 1.807) is 27.7 Å². The van der Waals surface area contributed by atoms with E-state index in [9.17, 15) is 9.59 Å². The zero-order valence-corrected chi connectivity index (χ0v) is 12.4. The highest BCUT2D eigenvalue weighted by molar-refractivity contribution is 5.74. The fourth-order valence-corrected chi connectivity index (χ4v) is 1.09. The molecule has 0 fully saturated rings. The molecule has 0 bridgehead atoms. The second-order valence-corrected chi connectivity index (χ2v) is 3.76. The fraction of sp³-hybridized carbons (Fsp3) is 0.714. The Morgan fingerprint density at radius 2 is 1.20 bits per heavy atom. The van der Waals surface area contributed by atoms with E-state index in [4.69, 9.17) is 18.9 Å². The van der Waals surface area contributed by atoms with Crippen LogP contribution in [0.4, 0.5) is 0 Å². The molecule has 6 nitrogen and oxygen atoms in total. The lowest BCUT2D eigenvalue weighted by Gasteiger charge is -2.09. The number of esters is 2. The van der Waals surface area contributed by atoms with Crippen molar-refractivity contribution >= 4 is 11.9 Å². The highest BCUT2D eigenvalue weighted by Gasteiger charge is 2.14. The van der Waals surface area contributed by atoms with Crippen LogP contribution in [-0.4, -0.2) is 50.6 Å². The topological polar surface area (TPSA) is 71.1 Å². The minimum atomic E-state index is -0.649. The van der Waals surface area contributed by atoms with E-state index in [1.165, 1.54) is 0 Å². The number of rotatable bonds is 8.